The Balaban J connectivity index is 2.08. The second-order valence-corrected chi connectivity index (χ2v) is 3.75. The maximum atomic E-state index is 12.3. The molecule has 0 N–H and O–H groups in total. The van der Waals surface area contributed by atoms with E-state index in [0.717, 1.165) is 25.7 Å². The van der Waals surface area contributed by atoms with Crippen molar-refractivity contribution < 1.29 is 13.6 Å². The molecule has 0 atom stereocenters. The molecule has 0 radical (unpaired) electrons. The SMILES string of the molecule is O=C1CC(C(F)F)=NN1C1CCCC1. The summed E-state index contributed by atoms with van der Waals surface area (Å²) in [6, 6.07) is 0.0683. The summed E-state index contributed by atoms with van der Waals surface area (Å²) >= 11 is 0. The summed E-state index contributed by atoms with van der Waals surface area (Å²) < 4.78 is 24.5. The Hall–Kier alpha value is -1.00. The summed E-state index contributed by atoms with van der Waals surface area (Å²) in [6.07, 6.45) is 1.12. The first kappa shape index (κ1) is 9.55. The molecule has 14 heavy (non-hydrogen) atoms. The van der Waals surface area contributed by atoms with Gasteiger partial charge in [-0.15, -0.1) is 0 Å². The Kier molecular flexibility index (Phi) is 2.48. The number of nitrogens with zero attached hydrogens (tertiary/aromatic N) is 2. The minimum absolute atomic E-state index is 0.0683. The Morgan fingerprint density at radius 3 is 2.50 bits per heavy atom. The summed E-state index contributed by atoms with van der Waals surface area (Å²) in [6.45, 7) is 0. The standard InChI is InChI=1S/C9H12F2N2O/c10-9(11)7-5-8(14)13(12-7)6-3-1-2-4-6/h6,9H,1-5H2. The number of hydrogen-bond donors (Lipinski definition) is 0. The molecule has 2 aliphatic rings. The van der Waals surface area contributed by atoms with Crippen molar-refractivity contribution in [2.24, 2.45) is 5.10 Å². The van der Waals surface area contributed by atoms with Crippen LogP contribution in [-0.4, -0.2) is 29.1 Å². The van der Waals surface area contributed by atoms with Crippen LogP contribution in [-0.2, 0) is 4.79 Å². The summed E-state index contributed by atoms with van der Waals surface area (Å²) in [5.41, 5.74) is -0.276. The van der Waals surface area contributed by atoms with Crippen LogP contribution in [0.15, 0.2) is 5.10 Å². The molecule has 0 aromatic rings. The first-order valence-electron chi connectivity index (χ1n) is 4.86. The van der Waals surface area contributed by atoms with E-state index in [1.807, 2.05) is 0 Å². The van der Waals surface area contributed by atoms with Crippen molar-refractivity contribution in [2.45, 2.75) is 44.6 Å². The molecule has 1 heterocycles. The van der Waals surface area contributed by atoms with Crippen LogP contribution in [0.3, 0.4) is 0 Å². The van der Waals surface area contributed by atoms with Crippen LogP contribution in [0.2, 0.25) is 0 Å². The van der Waals surface area contributed by atoms with Gasteiger partial charge in [0.25, 0.3) is 6.43 Å². The van der Waals surface area contributed by atoms with Crippen LogP contribution in [0.4, 0.5) is 8.78 Å². The van der Waals surface area contributed by atoms with Gasteiger partial charge in [-0.3, -0.25) is 4.79 Å². The van der Waals surface area contributed by atoms with Gasteiger partial charge in [0.15, 0.2) is 0 Å². The third-order valence-electron chi connectivity index (χ3n) is 2.75. The summed E-state index contributed by atoms with van der Waals surface area (Å²) in [4.78, 5) is 11.4. The molecule has 5 heteroatoms. The molecular weight excluding hydrogens is 190 g/mol. The van der Waals surface area contributed by atoms with Gasteiger partial charge in [0.05, 0.1) is 12.5 Å². The van der Waals surface area contributed by atoms with E-state index >= 15 is 0 Å². The fourth-order valence-electron chi connectivity index (χ4n) is 2.02. The molecule has 0 saturated heterocycles. The lowest BCUT2D eigenvalue weighted by molar-refractivity contribution is -0.130. The minimum Gasteiger partial charge on any atom is -0.273 e. The summed E-state index contributed by atoms with van der Waals surface area (Å²) in [5, 5.41) is 4.97. The average molecular weight is 202 g/mol. The van der Waals surface area contributed by atoms with Crippen molar-refractivity contribution in [3.05, 3.63) is 0 Å². The van der Waals surface area contributed by atoms with Crippen LogP contribution in [0, 0.1) is 0 Å². The van der Waals surface area contributed by atoms with E-state index in [2.05, 4.69) is 5.10 Å². The Morgan fingerprint density at radius 1 is 1.36 bits per heavy atom. The second-order valence-electron chi connectivity index (χ2n) is 3.75. The zero-order valence-electron chi connectivity index (χ0n) is 7.75. The smallest absolute Gasteiger partial charge is 0.273 e. The fraction of sp³-hybridized carbons (Fsp3) is 0.778. The van der Waals surface area contributed by atoms with Crippen molar-refractivity contribution in [1.29, 1.82) is 0 Å². The van der Waals surface area contributed by atoms with Crippen LogP contribution >= 0.6 is 0 Å². The van der Waals surface area contributed by atoms with Gasteiger partial charge in [0.1, 0.15) is 5.71 Å². The highest BCUT2D eigenvalue weighted by Crippen LogP contribution is 2.27. The molecule has 78 valence electrons. The number of rotatable bonds is 2. The van der Waals surface area contributed by atoms with Gasteiger partial charge in [-0.2, -0.15) is 5.10 Å². The molecule has 1 amide bonds. The van der Waals surface area contributed by atoms with Gasteiger partial charge in [0.2, 0.25) is 5.91 Å². The lowest BCUT2D eigenvalue weighted by Crippen LogP contribution is -2.30. The number of carbonyl (C=O) groups excluding carboxylic acids is 1. The first-order chi connectivity index (χ1) is 6.68. The van der Waals surface area contributed by atoms with Gasteiger partial charge in [-0.05, 0) is 12.8 Å². The number of amides is 1. The molecule has 0 aromatic heterocycles. The van der Waals surface area contributed by atoms with Crippen LogP contribution in [0.1, 0.15) is 32.1 Å². The van der Waals surface area contributed by atoms with Gasteiger partial charge in [-0.1, -0.05) is 12.8 Å². The number of halogens is 2. The number of hydrazone groups is 1. The first-order valence-corrected chi connectivity index (χ1v) is 4.86. The minimum atomic E-state index is -2.59. The van der Waals surface area contributed by atoms with E-state index in [1.165, 1.54) is 5.01 Å². The van der Waals surface area contributed by atoms with E-state index in [9.17, 15) is 13.6 Å². The molecule has 0 bridgehead atoms. The highest BCUT2D eigenvalue weighted by atomic mass is 19.3. The second kappa shape index (κ2) is 3.63. The molecular formula is C9H12F2N2O. The van der Waals surface area contributed by atoms with Crippen molar-refractivity contribution in [3.63, 3.8) is 0 Å². The molecule has 0 unspecified atom stereocenters. The van der Waals surface area contributed by atoms with E-state index in [0.29, 0.717) is 0 Å². The number of hydrogen-bond acceptors (Lipinski definition) is 2. The van der Waals surface area contributed by atoms with Crippen LogP contribution < -0.4 is 0 Å². The normalized spacial score (nSPS) is 23.8. The Labute approximate surface area is 80.8 Å². The third kappa shape index (κ3) is 1.63. The predicted octanol–water partition coefficient (Wildman–Crippen LogP) is 1.78. The topological polar surface area (TPSA) is 32.7 Å². The Bertz CT molecular complexity index is 272. The maximum Gasteiger partial charge on any atom is 0.278 e. The largest absolute Gasteiger partial charge is 0.278 e. The highest BCUT2D eigenvalue weighted by molar-refractivity contribution is 6.06. The molecule has 1 aliphatic carbocycles. The van der Waals surface area contributed by atoms with Crippen molar-refractivity contribution in [1.82, 2.24) is 5.01 Å². The molecule has 2 rings (SSSR count). The zero-order valence-corrected chi connectivity index (χ0v) is 7.75. The predicted molar refractivity (Wildman–Crippen MR) is 47.2 cm³/mol. The molecule has 1 aliphatic heterocycles. The van der Waals surface area contributed by atoms with Crippen molar-refractivity contribution in [2.75, 3.05) is 0 Å². The van der Waals surface area contributed by atoms with Crippen molar-refractivity contribution >= 4 is 11.6 Å². The van der Waals surface area contributed by atoms with Gasteiger partial charge >= 0.3 is 0 Å². The fourth-order valence-corrected chi connectivity index (χ4v) is 2.02. The van der Waals surface area contributed by atoms with Gasteiger partial charge in [0, 0.05) is 0 Å². The third-order valence-corrected chi connectivity index (χ3v) is 2.75. The maximum absolute atomic E-state index is 12.3. The van der Waals surface area contributed by atoms with Crippen LogP contribution in [0.25, 0.3) is 0 Å². The highest BCUT2D eigenvalue weighted by Gasteiger charge is 2.34. The molecule has 1 fully saturated rings. The van der Waals surface area contributed by atoms with Crippen LogP contribution in [0.5, 0.6) is 0 Å². The van der Waals surface area contributed by atoms with E-state index < -0.39 is 6.43 Å². The van der Waals surface area contributed by atoms with Gasteiger partial charge < -0.3 is 0 Å². The van der Waals surface area contributed by atoms with E-state index in [-0.39, 0.29) is 24.1 Å². The summed E-state index contributed by atoms with van der Waals surface area (Å²) in [7, 11) is 0. The molecule has 1 saturated carbocycles. The zero-order chi connectivity index (χ0) is 10.1. The van der Waals surface area contributed by atoms with E-state index in [4.69, 9.17) is 0 Å². The Morgan fingerprint density at radius 2 is 2.00 bits per heavy atom. The average Bonchev–Trinajstić information content (AvgIpc) is 2.71. The van der Waals surface area contributed by atoms with E-state index in [1.54, 1.807) is 0 Å². The monoisotopic (exact) mass is 202 g/mol. The summed E-state index contributed by atoms with van der Waals surface area (Å²) in [5.74, 6) is -0.271. The lowest BCUT2D eigenvalue weighted by atomic mass is 10.2. The van der Waals surface area contributed by atoms with Crippen molar-refractivity contribution in [3.8, 4) is 0 Å². The molecule has 3 nitrogen and oxygen atoms in total. The number of carbonyl (C=O) groups is 1. The number of alkyl halides is 2. The quantitative estimate of drug-likeness (QED) is 0.671. The van der Waals surface area contributed by atoms with Gasteiger partial charge in [-0.25, -0.2) is 13.8 Å². The lowest BCUT2D eigenvalue weighted by Gasteiger charge is -2.18. The molecule has 0 aromatic carbocycles. The molecule has 0 spiro atoms.